The van der Waals surface area contributed by atoms with Gasteiger partial charge in [-0.05, 0) is 42.3 Å². The van der Waals surface area contributed by atoms with Gasteiger partial charge in [-0.15, -0.1) is 0 Å². The Morgan fingerprint density at radius 1 is 0.900 bits per heavy atom. The molecular formula is C22H27N3O5. The molecule has 0 atom stereocenters. The van der Waals surface area contributed by atoms with Crippen molar-refractivity contribution in [2.45, 2.75) is 20.3 Å². The van der Waals surface area contributed by atoms with Crippen molar-refractivity contribution < 1.29 is 23.9 Å². The monoisotopic (exact) mass is 413 g/mol. The summed E-state index contributed by atoms with van der Waals surface area (Å²) in [6.45, 7) is 4.62. The molecule has 0 saturated heterocycles. The lowest BCUT2D eigenvalue weighted by atomic mass is 10.1. The van der Waals surface area contributed by atoms with Crippen LogP contribution in [0.1, 0.15) is 41.0 Å². The third-order valence-corrected chi connectivity index (χ3v) is 3.99. The number of hydrazine groups is 1. The molecule has 0 aliphatic rings. The van der Waals surface area contributed by atoms with Crippen molar-refractivity contribution in [3.8, 4) is 5.75 Å². The number of hydrogen-bond donors (Lipinski definition) is 3. The van der Waals surface area contributed by atoms with Crippen molar-refractivity contribution in [1.29, 1.82) is 0 Å². The minimum Gasteiger partial charge on any atom is -0.490 e. The lowest BCUT2D eigenvalue weighted by molar-refractivity contribution is -0.116. The normalized spacial score (nSPS) is 10.4. The molecule has 3 N–H and O–H groups in total. The average molecular weight is 413 g/mol. The van der Waals surface area contributed by atoms with Gasteiger partial charge in [0.05, 0.1) is 12.2 Å². The van der Waals surface area contributed by atoms with Gasteiger partial charge < -0.3 is 14.8 Å². The molecule has 0 unspecified atom stereocenters. The standard InChI is InChI=1S/C22H27N3O5/c1-15(2)14-20(26)23-17-10-8-16(9-11-17)21(27)24-25-22(28)18-6-4-5-7-19(18)30-13-12-29-3/h4-11,15H,12-14H2,1-3H3,(H,23,26)(H,24,27)(H,25,28). The zero-order valence-corrected chi connectivity index (χ0v) is 17.4. The second-order valence-electron chi connectivity index (χ2n) is 6.97. The van der Waals surface area contributed by atoms with Gasteiger partial charge >= 0.3 is 0 Å². The zero-order valence-electron chi connectivity index (χ0n) is 17.4. The Balaban J connectivity index is 1.91. The third kappa shape index (κ3) is 7.21. The summed E-state index contributed by atoms with van der Waals surface area (Å²) < 4.78 is 10.5. The van der Waals surface area contributed by atoms with Gasteiger partial charge in [-0.2, -0.15) is 0 Å². The summed E-state index contributed by atoms with van der Waals surface area (Å²) in [5.74, 6) is -0.423. The van der Waals surface area contributed by atoms with Crippen LogP contribution in [0.3, 0.4) is 0 Å². The SMILES string of the molecule is COCCOc1ccccc1C(=O)NNC(=O)c1ccc(NC(=O)CC(C)C)cc1. The minimum absolute atomic E-state index is 0.0825. The molecule has 0 fully saturated rings. The number of anilines is 1. The number of nitrogens with one attached hydrogen (secondary N) is 3. The highest BCUT2D eigenvalue weighted by Crippen LogP contribution is 2.17. The summed E-state index contributed by atoms with van der Waals surface area (Å²) >= 11 is 0. The van der Waals surface area contributed by atoms with E-state index < -0.39 is 11.8 Å². The highest BCUT2D eigenvalue weighted by Gasteiger charge is 2.14. The van der Waals surface area contributed by atoms with Crippen LogP contribution in [0.15, 0.2) is 48.5 Å². The van der Waals surface area contributed by atoms with Gasteiger partial charge in [-0.3, -0.25) is 25.2 Å². The molecule has 3 amide bonds. The first-order chi connectivity index (χ1) is 14.4. The lowest BCUT2D eigenvalue weighted by Crippen LogP contribution is -2.41. The molecule has 0 aliphatic heterocycles. The highest BCUT2D eigenvalue weighted by molar-refractivity contribution is 6.00. The summed E-state index contributed by atoms with van der Waals surface area (Å²) in [5, 5.41) is 2.78. The van der Waals surface area contributed by atoms with Gasteiger partial charge in [-0.1, -0.05) is 26.0 Å². The number of carbonyl (C=O) groups excluding carboxylic acids is 3. The van der Waals surface area contributed by atoms with Crippen molar-refractivity contribution >= 4 is 23.4 Å². The van der Waals surface area contributed by atoms with E-state index in [2.05, 4.69) is 16.2 Å². The van der Waals surface area contributed by atoms with Crippen LogP contribution in [0.5, 0.6) is 5.75 Å². The maximum atomic E-state index is 12.4. The van der Waals surface area contributed by atoms with Gasteiger partial charge in [0.15, 0.2) is 0 Å². The summed E-state index contributed by atoms with van der Waals surface area (Å²) in [6, 6.07) is 13.1. The molecule has 0 radical (unpaired) electrons. The van der Waals surface area contributed by atoms with Crippen molar-refractivity contribution in [3.05, 3.63) is 59.7 Å². The molecule has 160 valence electrons. The molecular weight excluding hydrogens is 386 g/mol. The number of hydrogen-bond acceptors (Lipinski definition) is 5. The van der Waals surface area contributed by atoms with Crippen molar-refractivity contribution in [2.75, 3.05) is 25.6 Å². The summed E-state index contributed by atoms with van der Waals surface area (Å²) in [6.07, 6.45) is 0.422. The molecule has 8 heteroatoms. The van der Waals surface area contributed by atoms with Crippen LogP contribution in [0.2, 0.25) is 0 Å². The van der Waals surface area contributed by atoms with Gasteiger partial charge in [0.1, 0.15) is 12.4 Å². The number of benzene rings is 2. The molecule has 0 aromatic heterocycles. The minimum atomic E-state index is -0.506. The number of rotatable bonds is 9. The van der Waals surface area contributed by atoms with E-state index in [4.69, 9.17) is 9.47 Å². The highest BCUT2D eigenvalue weighted by atomic mass is 16.5. The van der Waals surface area contributed by atoms with E-state index in [1.54, 1.807) is 55.6 Å². The van der Waals surface area contributed by atoms with Crippen LogP contribution in [0.25, 0.3) is 0 Å². The first-order valence-corrected chi connectivity index (χ1v) is 9.62. The van der Waals surface area contributed by atoms with E-state index >= 15 is 0 Å². The molecule has 2 rings (SSSR count). The van der Waals surface area contributed by atoms with Crippen molar-refractivity contribution in [3.63, 3.8) is 0 Å². The van der Waals surface area contributed by atoms with Gasteiger partial charge in [0.2, 0.25) is 5.91 Å². The number of amides is 3. The fourth-order valence-corrected chi connectivity index (χ4v) is 2.56. The van der Waals surface area contributed by atoms with Crippen LogP contribution >= 0.6 is 0 Å². The topological polar surface area (TPSA) is 106 Å². The second-order valence-corrected chi connectivity index (χ2v) is 6.97. The Morgan fingerprint density at radius 3 is 2.23 bits per heavy atom. The number of methoxy groups -OCH3 is 1. The van der Waals surface area contributed by atoms with Gasteiger partial charge in [0, 0.05) is 24.8 Å². The largest absolute Gasteiger partial charge is 0.490 e. The maximum Gasteiger partial charge on any atom is 0.273 e. The number of ether oxygens (including phenoxy) is 2. The van der Waals surface area contributed by atoms with E-state index in [-0.39, 0.29) is 17.4 Å². The first-order valence-electron chi connectivity index (χ1n) is 9.62. The molecule has 0 spiro atoms. The fourth-order valence-electron chi connectivity index (χ4n) is 2.56. The van der Waals surface area contributed by atoms with Crippen LogP contribution in [-0.2, 0) is 9.53 Å². The van der Waals surface area contributed by atoms with Gasteiger partial charge in [0.25, 0.3) is 11.8 Å². The molecule has 0 saturated carbocycles. The van der Waals surface area contributed by atoms with Crippen LogP contribution in [0, 0.1) is 5.92 Å². The predicted octanol–water partition coefficient (Wildman–Crippen LogP) is 2.77. The Morgan fingerprint density at radius 2 is 1.57 bits per heavy atom. The summed E-state index contributed by atoms with van der Waals surface area (Å²) in [4.78, 5) is 36.5. The van der Waals surface area contributed by atoms with Crippen LogP contribution in [-0.4, -0.2) is 38.0 Å². The molecule has 2 aromatic rings. The summed E-state index contributed by atoms with van der Waals surface area (Å²) in [7, 11) is 1.56. The van der Waals surface area contributed by atoms with E-state index in [1.165, 1.54) is 0 Å². The quantitative estimate of drug-likeness (QED) is 0.433. The molecule has 0 bridgehead atoms. The summed E-state index contributed by atoms with van der Waals surface area (Å²) in [5.41, 5.74) is 5.97. The molecule has 8 nitrogen and oxygen atoms in total. The smallest absolute Gasteiger partial charge is 0.273 e. The molecule has 30 heavy (non-hydrogen) atoms. The second kappa shape index (κ2) is 11.6. The predicted molar refractivity (Wildman–Crippen MR) is 113 cm³/mol. The average Bonchev–Trinajstić information content (AvgIpc) is 2.72. The first kappa shape index (κ1) is 22.9. The van der Waals surface area contributed by atoms with E-state index in [0.717, 1.165) is 0 Å². The van der Waals surface area contributed by atoms with Crippen molar-refractivity contribution in [2.24, 2.45) is 5.92 Å². The van der Waals surface area contributed by atoms with E-state index in [9.17, 15) is 14.4 Å². The number of para-hydroxylation sites is 1. The lowest BCUT2D eigenvalue weighted by Gasteiger charge is -2.12. The van der Waals surface area contributed by atoms with Crippen molar-refractivity contribution in [1.82, 2.24) is 10.9 Å². The van der Waals surface area contributed by atoms with Gasteiger partial charge in [-0.25, -0.2) is 0 Å². The van der Waals surface area contributed by atoms with E-state index in [1.807, 2.05) is 13.8 Å². The Kier molecular flexibility index (Phi) is 8.83. The van der Waals surface area contributed by atoms with E-state index in [0.29, 0.717) is 36.6 Å². The Bertz CT molecular complexity index is 865. The molecule has 0 heterocycles. The fraction of sp³-hybridized carbons (Fsp3) is 0.318. The maximum absolute atomic E-state index is 12.4. The van der Waals surface area contributed by atoms with Crippen LogP contribution in [0.4, 0.5) is 5.69 Å². The Labute approximate surface area is 175 Å². The van der Waals surface area contributed by atoms with Crippen LogP contribution < -0.4 is 20.9 Å². The molecule has 2 aromatic carbocycles. The zero-order chi connectivity index (χ0) is 21.9. The third-order valence-electron chi connectivity index (χ3n) is 3.99. The molecule has 0 aliphatic carbocycles. The Hall–Kier alpha value is -3.39. The number of carbonyl (C=O) groups is 3.